The third kappa shape index (κ3) is 5.44. The van der Waals surface area contributed by atoms with Crippen molar-refractivity contribution in [3.63, 3.8) is 0 Å². The molecule has 35 heavy (non-hydrogen) atoms. The third-order valence-corrected chi connectivity index (χ3v) is 11.5. The molecule has 0 aromatic carbocycles. The maximum absolute atomic E-state index is 12.5. The lowest BCUT2D eigenvalue weighted by Gasteiger charge is -2.58. The smallest absolute Gasteiger partial charge is 0.335 e. The van der Waals surface area contributed by atoms with E-state index in [1.807, 2.05) is 0 Å². The Morgan fingerprint density at radius 2 is 1.74 bits per heavy atom. The summed E-state index contributed by atoms with van der Waals surface area (Å²) in [5.74, 6) is 3.30. The van der Waals surface area contributed by atoms with Crippen LogP contribution in [-0.2, 0) is 9.53 Å². The highest BCUT2D eigenvalue weighted by Gasteiger charge is 2.58. The Morgan fingerprint density at radius 1 is 1.00 bits per heavy atom. The van der Waals surface area contributed by atoms with Crippen LogP contribution < -0.4 is 0 Å². The van der Waals surface area contributed by atoms with Gasteiger partial charge < -0.3 is 4.74 Å². The van der Waals surface area contributed by atoms with Crippen LogP contribution in [0.5, 0.6) is 0 Å². The summed E-state index contributed by atoms with van der Waals surface area (Å²) >= 11 is 6.04. The number of rotatable bonds is 9. The second-order valence-corrected chi connectivity index (χ2v) is 13.6. The van der Waals surface area contributed by atoms with Crippen molar-refractivity contribution in [2.24, 2.45) is 34.5 Å². The maximum atomic E-state index is 12.5. The molecule has 0 aliphatic heterocycles. The Balaban J connectivity index is 1.38. The SMILES string of the molecule is CCCCCCCCC1CCC2C3CC=C4CC(OC(=O)C(C)=C(C)Cl)CCC4(C)C3CCC12C. The standard InChI is InChI=1S/C32H51ClO2/c1-6-7-8-9-10-11-12-24-14-16-28-27-15-13-25-21-26(35-30(34)22(2)23(3)33)17-19-32(25,5)29(27)18-20-31(24,28)4/h13,24,26-29H,6-12,14-21H2,1-5H3. The number of halogens is 1. The zero-order valence-corrected chi connectivity index (χ0v) is 24.0. The number of allylic oxidation sites excluding steroid dienone is 2. The Hall–Kier alpha value is -0.760. The first-order valence-corrected chi connectivity index (χ1v) is 15.3. The summed E-state index contributed by atoms with van der Waals surface area (Å²) < 4.78 is 5.89. The van der Waals surface area contributed by atoms with Gasteiger partial charge in [-0.05, 0) is 99.7 Å². The van der Waals surface area contributed by atoms with E-state index in [0.717, 1.165) is 42.9 Å². The highest BCUT2D eigenvalue weighted by Crippen LogP contribution is 2.66. The number of unbranched alkanes of at least 4 members (excludes halogenated alkanes) is 5. The molecule has 4 rings (SSSR count). The first kappa shape index (κ1) is 27.3. The van der Waals surface area contributed by atoms with Crippen LogP contribution in [0.4, 0.5) is 0 Å². The summed E-state index contributed by atoms with van der Waals surface area (Å²) in [4.78, 5) is 12.5. The Morgan fingerprint density at radius 3 is 2.49 bits per heavy atom. The average Bonchev–Trinajstić information content (AvgIpc) is 3.17. The zero-order chi connectivity index (χ0) is 25.2. The molecule has 0 amide bonds. The fourth-order valence-corrected chi connectivity index (χ4v) is 8.94. The number of hydrogen-bond acceptors (Lipinski definition) is 2. The van der Waals surface area contributed by atoms with Crippen molar-refractivity contribution in [3.8, 4) is 0 Å². The quantitative estimate of drug-likeness (QED) is 0.136. The lowest BCUT2D eigenvalue weighted by molar-refractivity contribution is -0.146. The minimum Gasteiger partial charge on any atom is -0.459 e. The molecule has 0 aromatic heterocycles. The molecule has 3 heteroatoms. The molecule has 0 aromatic rings. The zero-order valence-electron chi connectivity index (χ0n) is 23.3. The summed E-state index contributed by atoms with van der Waals surface area (Å²) in [6.45, 7) is 11.1. The molecule has 0 spiro atoms. The van der Waals surface area contributed by atoms with E-state index < -0.39 is 0 Å². The van der Waals surface area contributed by atoms with E-state index in [4.69, 9.17) is 16.3 Å². The van der Waals surface area contributed by atoms with Gasteiger partial charge in [0.2, 0.25) is 0 Å². The van der Waals surface area contributed by atoms with Crippen LogP contribution in [0.1, 0.15) is 131 Å². The van der Waals surface area contributed by atoms with E-state index >= 15 is 0 Å². The highest BCUT2D eigenvalue weighted by atomic mass is 35.5. The largest absolute Gasteiger partial charge is 0.459 e. The number of ether oxygens (including phenoxy) is 1. The van der Waals surface area contributed by atoms with Crippen molar-refractivity contribution in [2.75, 3.05) is 0 Å². The molecule has 4 aliphatic carbocycles. The van der Waals surface area contributed by atoms with Crippen molar-refractivity contribution in [1.29, 1.82) is 0 Å². The van der Waals surface area contributed by atoms with Crippen LogP contribution in [0.2, 0.25) is 0 Å². The Bertz CT molecular complexity index is 823. The predicted octanol–water partition coefficient (Wildman–Crippen LogP) is 9.76. The molecule has 0 saturated heterocycles. The van der Waals surface area contributed by atoms with E-state index in [0.29, 0.717) is 21.4 Å². The number of carbonyl (C=O) groups is 1. The first-order valence-electron chi connectivity index (χ1n) is 14.9. The topological polar surface area (TPSA) is 26.3 Å². The van der Waals surface area contributed by atoms with Gasteiger partial charge in [-0.1, -0.05) is 82.5 Å². The van der Waals surface area contributed by atoms with E-state index in [1.165, 1.54) is 77.0 Å². The van der Waals surface area contributed by atoms with Crippen LogP contribution in [0.25, 0.3) is 0 Å². The molecule has 7 atom stereocenters. The fourth-order valence-electron chi connectivity index (χ4n) is 8.86. The molecule has 0 N–H and O–H groups in total. The molecule has 7 unspecified atom stereocenters. The van der Waals surface area contributed by atoms with Crippen LogP contribution >= 0.6 is 11.6 Å². The predicted molar refractivity (Wildman–Crippen MR) is 147 cm³/mol. The fraction of sp³-hybridized carbons (Fsp3) is 0.844. The van der Waals surface area contributed by atoms with Crippen LogP contribution in [0.15, 0.2) is 22.3 Å². The van der Waals surface area contributed by atoms with Gasteiger partial charge >= 0.3 is 5.97 Å². The van der Waals surface area contributed by atoms with Crippen molar-refractivity contribution in [3.05, 3.63) is 22.3 Å². The van der Waals surface area contributed by atoms with Gasteiger partial charge in [-0.15, -0.1) is 0 Å². The molecule has 0 heterocycles. The third-order valence-electron chi connectivity index (χ3n) is 11.3. The lowest BCUT2D eigenvalue weighted by atomic mass is 9.47. The van der Waals surface area contributed by atoms with Crippen molar-refractivity contribution < 1.29 is 9.53 Å². The van der Waals surface area contributed by atoms with Gasteiger partial charge in [0.05, 0.1) is 0 Å². The van der Waals surface area contributed by atoms with E-state index in [-0.39, 0.29) is 12.1 Å². The normalized spacial score (nSPS) is 39.1. The Labute approximate surface area is 220 Å². The van der Waals surface area contributed by atoms with Crippen LogP contribution in [0.3, 0.4) is 0 Å². The average molecular weight is 503 g/mol. The first-order chi connectivity index (χ1) is 16.7. The molecule has 0 radical (unpaired) electrons. The van der Waals surface area contributed by atoms with Gasteiger partial charge in [0.25, 0.3) is 0 Å². The molecule has 0 bridgehead atoms. The highest BCUT2D eigenvalue weighted by molar-refractivity contribution is 6.31. The van der Waals surface area contributed by atoms with Gasteiger partial charge in [0.15, 0.2) is 0 Å². The summed E-state index contributed by atoms with van der Waals surface area (Å²) in [5, 5.41) is 0.534. The van der Waals surface area contributed by atoms with E-state index in [9.17, 15) is 4.79 Å². The van der Waals surface area contributed by atoms with E-state index in [2.05, 4.69) is 26.8 Å². The molecule has 3 fully saturated rings. The van der Waals surface area contributed by atoms with Gasteiger partial charge in [-0.2, -0.15) is 0 Å². The molecule has 2 nitrogen and oxygen atoms in total. The number of carbonyl (C=O) groups excluding carboxylic acids is 1. The number of hydrogen-bond donors (Lipinski definition) is 0. The maximum Gasteiger partial charge on any atom is 0.335 e. The van der Waals surface area contributed by atoms with E-state index in [1.54, 1.807) is 19.4 Å². The van der Waals surface area contributed by atoms with Crippen molar-refractivity contribution >= 4 is 17.6 Å². The van der Waals surface area contributed by atoms with Crippen molar-refractivity contribution in [1.82, 2.24) is 0 Å². The van der Waals surface area contributed by atoms with Gasteiger partial charge in [-0.25, -0.2) is 4.79 Å². The second kappa shape index (κ2) is 11.3. The minimum atomic E-state index is -0.240. The Kier molecular flexibility index (Phi) is 8.82. The van der Waals surface area contributed by atoms with Crippen LogP contribution in [-0.4, -0.2) is 12.1 Å². The minimum absolute atomic E-state index is 0.00591. The monoisotopic (exact) mass is 502 g/mol. The summed E-state index contributed by atoms with van der Waals surface area (Å²) in [6, 6.07) is 0. The van der Waals surface area contributed by atoms with Gasteiger partial charge in [0.1, 0.15) is 6.10 Å². The molecular weight excluding hydrogens is 452 g/mol. The molecule has 3 saturated carbocycles. The van der Waals surface area contributed by atoms with Crippen LogP contribution in [0, 0.1) is 34.5 Å². The lowest BCUT2D eigenvalue weighted by Crippen LogP contribution is -2.50. The molecule has 198 valence electrons. The second-order valence-electron chi connectivity index (χ2n) is 13.1. The summed E-state index contributed by atoms with van der Waals surface area (Å²) in [6.07, 6.45) is 22.7. The van der Waals surface area contributed by atoms with Gasteiger partial charge in [-0.3, -0.25) is 0 Å². The number of esters is 1. The molecule has 4 aliphatic rings. The number of fused-ring (bicyclic) bond motifs is 5. The summed E-state index contributed by atoms with van der Waals surface area (Å²) in [5.41, 5.74) is 3.00. The molecular formula is C32H51ClO2. The van der Waals surface area contributed by atoms with Crippen molar-refractivity contribution in [2.45, 2.75) is 137 Å². The van der Waals surface area contributed by atoms with Gasteiger partial charge in [0, 0.05) is 17.0 Å². The summed E-state index contributed by atoms with van der Waals surface area (Å²) in [7, 11) is 0.